The van der Waals surface area contributed by atoms with Crippen molar-refractivity contribution in [1.29, 1.82) is 0 Å². The lowest BCUT2D eigenvalue weighted by Crippen LogP contribution is -2.32. The summed E-state index contributed by atoms with van der Waals surface area (Å²) in [6.07, 6.45) is 13.3. The van der Waals surface area contributed by atoms with Crippen LogP contribution in [0.4, 0.5) is 0 Å². The molecule has 0 radical (unpaired) electrons. The number of fused-ring (bicyclic) bond motifs is 1. The van der Waals surface area contributed by atoms with Gasteiger partial charge in [-0.15, -0.1) is 10.2 Å². The van der Waals surface area contributed by atoms with Crippen LogP contribution in [0.1, 0.15) is 104 Å². The van der Waals surface area contributed by atoms with Crippen LogP contribution < -0.4 is 0 Å². The molecule has 1 unspecified atom stereocenters. The molecule has 2 aliphatic heterocycles. The Morgan fingerprint density at radius 2 is 1.62 bits per heavy atom. The van der Waals surface area contributed by atoms with Crippen LogP contribution >= 0.6 is 0 Å². The van der Waals surface area contributed by atoms with Crippen LogP contribution in [0.3, 0.4) is 0 Å². The highest BCUT2D eigenvalue weighted by molar-refractivity contribution is 5.94. The van der Waals surface area contributed by atoms with Crippen LogP contribution in [-0.4, -0.2) is 32.1 Å². The van der Waals surface area contributed by atoms with Gasteiger partial charge in [-0.3, -0.25) is 4.79 Å². The lowest BCUT2D eigenvalue weighted by Gasteiger charge is -2.25. The van der Waals surface area contributed by atoms with Gasteiger partial charge in [0.15, 0.2) is 5.82 Å². The maximum Gasteiger partial charge on any atom is 0.254 e. The van der Waals surface area contributed by atoms with Crippen LogP contribution in [0.5, 0.6) is 0 Å². The van der Waals surface area contributed by atoms with Gasteiger partial charge < -0.3 is 9.47 Å². The van der Waals surface area contributed by atoms with Crippen molar-refractivity contribution < 1.29 is 4.79 Å². The number of carbonyl (C=O) groups excluding carboxylic acids is 1. The number of rotatable bonds is 3. The molecule has 5 nitrogen and oxygen atoms in total. The zero-order valence-corrected chi connectivity index (χ0v) is 17.4. The highest BCUT2D eigenvalue weighted by Crippen LogP contribution is 2.35. The number of hydrogen-bond acceptors (Lipinski definition) is 3. The first-order valence-electron chi connectivity index (χ1n) is 11.6. The normalized spacial score (nSPS) is 23.0. The fourth-order valence-electron chi connectivity index (χ4n) is 5.53. The molecule has 2 fully saturated rings. The molecule has 1 atom stereocenters. The quantitative estimate of drug-likeness (QED) is 0.736. The number of aromatic nitrogens is 3. The molecule has 0 N–H and O–H groups in total. The first-order valence-corrected chi connectivity index (χ1v) is 11.6. The van der Waals surface area contributed by atoms with Crippen LogP contribution in [-0.2, 0) is 13.0 Å². The average molecular weight is 393 g/mol. The molecular weight excluding hydrogens is 360 g/mol. The van der Waals surface area contributed by atoms with Crippen LogP contribution in [0.15, 0.2) is 24.3 Å². The number of likely N-dealkylation sites (tertiary alicyclic amines) is 1. The second kappa shape index (κ2) is 8.29. The van der Waals surface area contributed by atoms with Crippen LogP contribution in [0, 0.1) is 0 Å². The molecule has 1 aromatic heterocycles. The molecule has 1 aromatic carbocycles. The van der Waals surface area contributed by atoms with Gasteiger partial charge in [0.25, 0.3) is 5.91 Å². The van der Waals surface area contributed by atoms with E-state index in [0.29, 0.717) is 5.92 Å². The van der Waals surface area contributed by atoms with Crippen molar-refractivity contribution in [2.24, 2.45) is 0 Å². The Hall–Kier alpha value is -2.17. The van der Waals surface area contributed by atoms with E-state index >= 15 is 0 Å². The predicted molar refractivity (Wildman–Crippen MR) is 113 cm³/mol. The zero-order valence-electron chi connectivity index (χ0n) is 17.4. The molecule has 3 aliphatic rings. The third kappa shape index (κ3) is 3.72. The van der Waals surface area contributed by atoms with Crippen molar-refractivity contribution in [2.75, 3.05) is 6.54 Å². The molecule has 5 rings (SSSR count). The summed E-state index contributed by atoms with van der Waals surface area (Å²) in [6.45, 7) is 1.81. The van der Waals surface area contributed by atoms with E-state index in [1.165, 1.54) is 56.9 Å². The maximum absolute atomic E-state index is 13.3. The minimum Gasteiger partial charge on any atom is -0.328 e. The summed E-state index contributed by atoms with van der Waals surface area (Å²) >= 11 is 0. The van der Waals surface area contributed by atoms with Crippen LogP contribution in [0.2, 0.25) is 0 Å². The number of carbonyl (C=O) groups is 1. The summed E-state index contributed by atoms with van der Waals surface area (Å²) in [5.74, 6) is 2.94. The van der Waals surface area contributed by atoms with Crippen LogP contribution in [0.25, 0.3) is 0 Å². The third-order valence-electron chi connectivity index (χ3n) is 7.18. The molecule has 5 heteroatoms. The van der Waals surface area contributed by atoms with E-state index in [9.17, 15) is 4.79 Å². The summed E-state index contributed by atoms with van der Waals surface area (Å²) in [4.78, 5) is 15.4. The van der Waals surface area contributed by atoms with E-state index in [1.807, 2.05) is 17.0 Å². The van der Waals surface area contributed by atoms with E-state index in [0.717, 1.165) is 49.6 Å². The molecule has 1 aliphatic carbocycles. The highest BCUT2D eigenvalue weighted by Gasteiger charge is 2.35. The molecule has 1 saturated carbocycles. The monoisotopic (exact) mass is 392 g/mol. The molecule has 0 spiro atoms. The predicted octanol–water partition coefficient (Wildman–Crippen LogP) is 5.03. The van der Waals surface area contributed by atoms with Gasteiger partial charge in [-0.05, 0) is 62.1 Å². The van der Waals surface area contributed by atoms with E-state index in [4.69, 9.17) is 0 Å². The second-order valence-corrected chi connectivity index (χ2v) is 9.05. The smallest absolute Gasteiger partial charge is 0.254 e. The van der Waals surface area contributed by atoms with Crippen molar-refractivity contribution in [3.63, 3.8) is 0 Å². The molecule has 1 amide bonds. The van der Waals surface area contributed by atoms with Crippen molar-refractivity contribution in [1.82, 2.24) is 19.7 Å². The fourth-order valence-corrected chi connectivity index (χ4v) is 5.53. The maximum atomic E-state index is 13.3. The SMILES string of the molecule is O=C(c1ccc(C2CCCCC2)cc1)N1CCCC1c1nnc2n1CCCCC2. The Morgan fingerprint density at radius 3 is 2.45 bits per heavy atom. The Morgan fingerprint density at radius 1 is 0.828 bits per heavy atom. The van der Waals surface area contributed by atoms with Gasteiger partial charge in [-0.2, -0.15) is 0 Å². The minimum atomic E-state index is 0.0693. The van der Waals surface area contributed by atoms with Gasteiger partial charge in [0.05, 0.1) is 6.04 Å². The summed E-state index contributed by atoms with van der Waals surface area (Å²) in [5, 5.41) is 9.01. The van der Waals surface area contributed by atoms with Crippen molar-refractivity contribution >= 4 is 5.91 Å². The van der Waals surface area contributed by atoms with Gasteiger partial charge in [0.1, 0.15) is 5.82 Å². The number of nitrogens with zero attached hydrogens (tertiary/aromatic N) is 4. The minimum absolute atomic E-state index is 0.0693. The second-order valence-electron chi connectivity index (χ2n) is 9.05. The van der Waals surface area contributed by atoms with E-state index in [-0.39, 0.29) is 11.9 Å². The van der Waals surface area contributed by atoms with Gasteiger partial charge >= 0.3 is 0 Å². The first kappa shape index (κ1) is 18.8. The molecule has 0 bridgehead atoms. The number of amides is 1. The Bertz CT molecular complexity index is 850. The summed E-state index contributed by atoms with van der Waals surface area (Å²) in [6, 6.07) is 8.55. The largest absolute Gasteiger partial charge is 0.328 e. The average Bonchev–Trinajstić information content (AvgIpc) is 3.34. The van der Waals surface area contributed by atoms with Gasteiger partial charge in [-0.25, -0.2) is 0 Å². The van der Waals surface area contributed by atoms with Crippen molar-refractivity contribution in [2.45, 2.75) is 89.1 Å². The Labute approximate surface area is 173 Å². The number of hydrogen-bond donors (Lipinski definition) is 0. The Kier molecular flexibility index (Phi) is 5.38. The van der Waals surface area contributed by atoms with E-state index in [1.54, 1.807) is 0 Å². The van der Waals surface area contributed by atoms with Gasteiger partial charge in [0.2, 0.25) is 0 Å². The van der Waals surface area contributed by atoms with Gasteiger partial charge in [-0.1, -0.05) is 37.8 Å². The number of benzene rings is 1. The summed E-state index contributed by atoms with van der Waals surface area (Å²) in [7, 11) is 0. The van der Waals surface area contributed by atoms with E-state index < -0.39 is 0 Å². The molecule has 3 heterocycles. The zero-order chi connectivity index (χ0) is 19.6. The van der Waals surface area contributed by atoms with E-state index in [2.05, 4.69) is 26.9 Å². The molecular formula is C24H32N4O. The van der Waals surface area contributed by atoms with Gasteiger partial charge in [0, 0.05) is 25.1 Å². The highest BCUT2D eigenvalue weighted by atomic mass is 16.2. The molecule has 1 saturated heterocycles. The number of aryl methyl sites for hydroxylation is 1. The first-order chi connectivity index (χ1) is 14.3. The fraction of sp³-hybridized carbons (Fsp3) is 0.625. The molecule has 29 heavy (non-hydrogen) atoms. The third-order valence-corrected chi connectivity index (χ3v) is 7.18. The van der Waals surface area contributed by atoms with Crippen molar-refractivity contribution in [3.05, 3.63) is 47.0 Å². The Balaban J connectivity index is 1.35. The standard InChI is InChI=1S/C24H32N4O/c29-24(20-14-12-19(13-15-20)18-8-3-1-4-9-18)27-17-7-10-21(27)23-26-25-22-11-5-2-6-16-28(22)23/h12-15,18,21H,1-11,16-17H2. The molecule has 154 valence electrons. The topological polar surface area (TPSA) is 51.0 Å². The lowest BCUT2D eigenvalue weighted by atomic mass is 9.84. The lowest BCUT2D eigenvalue weighted by molar-refractivity contribution is 0.0727. The molecule has 2 aromatic rings. The van der Waals surface area contributed by atoms with Crippen molar-refractivity contribution in [3.8, 4) is 0 Å². The summed E-state index contributed by atoms with van der Waals surface area (Å²) in [5.41, 5.74) is 2.22. The summed E-state index contributed by atoms with van der Waals surface area (Å²) < 4.78 is 2.30.